The number of hydrogen-bond donors (Lipinski definition) is 0. The summed E-state index contributed by atoms with van der Waals surface area (Å²) in [5, 5.41) is 9.12. The first-order valence-electron chi connectivity index (χ1n) is 7.44. The van der Waals surface area contributed by atoms with Gasteiger partial charge in [-0.05, 0) is 23.1 Å². The SMILES string of the molecule is CC(C)(C)c1ccc(-c2nc3ccccc3n2CC#N)cc1. The van der Waals surface area contributed by atoms with E-state index < -0.39 is 0 Å². The minimum Gasteiger partial charge on any atom is -0.310 e. The van der Waals surface area contributed by atoms with Crippen LogP contribution in [0, 0.1) is 11.3 Å². The van der Waals surface area contributed by atoms with Crippen LogP contribution in [0.2, 0.25) is 0 Å². The molecule has 0 radical (unpaired) electrons. The Bertz CT molecular complexity index is 843. The number of hydrogen-bond acceptors (Lipinski definition) is 2. The second kappa shape index (κ2) is 5.31. The van der Waals surface area contributed by atoms with Crippen LogP contribution in [0.4, 0.5) is 0 Å². The van der Waals surface area contributed by atoms with Gasteiger partial charge in [-0.1, -0.05) is 57.2 Å². The third-order valence-corrected chi connectivity index (χ3v) is 3.89. The van der Waals surface area contributed by atoms with Gasteiger partial charge in [-0.25, -0.2) is 4.98 Å². The topological polar surface area (TPSA) is 41.6 Å². The first-order valence-corrected chi connectivity index (χ1v) is 7.44. The van der Waals surface area contributed by atoms with Gasteiger partial charge >= 0.3 is 0 Å². The number of para-hydroxylation sites is 2. The number of aromatic nitrogens is 2. The largest absolute Gasteiger partial charge is 0.310 e. The zero-order valence-electron chi connectivity index (χ0n) is 13.2. The van der Waals surface area contributed by atoms with E-state index in [0.29, 0.717) is 6.54 Å². The van der Waals surface area contributed by atoms with Crippen molar-refractivity contribution in [2.45, 2.75) is 32.7 Å². The van der Waals surface area contributed by atoms with Gasteiger partial charge in [-0.15, -0.1) is 0 Å². The number of nitrogens with zero attached hydrogens (tertiary/aromatic N) is 3. The van der Waals surface area contributed by atoms with Crippen LogP contribution in [0.25, 0.3) is 22.4 Å². The lowest BCUT2D eigenvalue weighted by atomic mass is 9.87. The van der Waals surface area contributed by atoms with Crippen molar-refractivity contribution in [3.05, 3.63) is 54.1 Å². The Labute approximate surface area is 130 Å². The summed E-state index contributed by atoms with van der Waals surface area (Å²) in [6.07, 6.45) is 0. The summed E-state index contributed by atoms with van der Waals surface area (Å²) in [6.45, 7) is 6.91. The van der Waals surface area contributed by atoms with Crippen molar-refractivity contribution in [2.75, 3.05) is 0 Å². The third-order valence-electron chi connectivity index (χ3n) is 3.89. The summed E-state index contributed by atoms with van der Waals surface area (Å²) in [6, 6.07) is 18.6. The van der Waals surface area contributed by atoms with Crippen molar-refractivity contribution >= 4 is 11.0 Å². The Kier molecular flexibility index (Phi) is 3.46. The van der Waals surface area contributed by atoms with Crippen LogP contribution in [0.3, 0.4) is 0 Å². The van der Waals surface area contributed by atoms with E-state index in [1.807, 2.05) is 28.8 Å². The molecule has 0 bridgehead atoms. The van der Waals surface area contributed by atoms with Crippen LogP contribution in [-0.2, 0) is 12.0 Å². The Morgan fingerprint density at radius 1 is 1.05 bits per heavy atom. The molecular formula is C19H19N3. The fraction of sp³-hybridized carbons (Fsp3) is 0.263. The molecular weight excluding hydrogens is 270 g/mol. The van der Waals surface area contributed by atoms with Crippen LogP contribution in [0.5, 0.6) is 0 Å². The van der Waals surface area contributed by atoms with Gasteiger partial charge in [0.05, 0.1) is 17.1 Å². The smallest absolute Gasteiger partial charge is 0.142 e. The molecule has 3 rings (SSSR count). The molecule has 0 unspecified atom stereocenters. The highest BCUT2D eigenvalue weighted by Gasteiger charge is 2.15. The van der Waals surface area contributed by atoms with E-state index in [4.69, 9.17) is 10.2 Å². The molecule has 0 N–H and O–H groups in total. The predicted octanol–water partition coefficient (Wildman–Crippen LogP) is 4.52. The van der Waals surface area contributed by atoms with E-state index in [2.05, 4.69) is 51.1 Å². The van der Waals surface area contributed by atoms with E-state index >= 15 is 0 Å². The number of imidazole rings is 1. The third kappa shape index (κ3) is 2.48. The summed E-state index contributed by atoms with van der Waals surface area (Å²) >= 11 is 0. The first kappa shape index (κ1) is 14.3. The van der Waals surface area contributed by atoms with Crippen LogP contribution < -0.4 is 0 Å². The summed E-state index contributed by atoms with van der Waals surface area (Å²) < 4.78 is 1.97. The molecule has 0 fully saturated rings. The highest BCUT2D eigenvalue weighted by Crippen LogP contribution is 2.28. The predicted molar refractivity (Wildman–Crippen MR) is 89.5 cm³/mol. The van der Waals surface area contributed by atoms with E-state index in [1.54, 1.807) is 0 Å². The van der Waals surface area contributed by atoms with E-state index in [9.17, 15) is 0 Å². The second-order valence-electron chi connectivity index (χ2n) is 6.50. The molecule has 0 atom stereocenters. The average molecular weight is 289 g/mol. The second-order valence-corrected chi connectivity index (χ2v) is 6.50. The van der Waals surface area contributed by atoms with E-state index in [-0.39, 0.29) is 5.41 Å². The van der Waals surface area contributed by atoms with E-state index in [1.165, 1.54) is 5.56 Å². The quantitative estimate of drug-likeness (QED) is 0.695. The molecule has 22 heavy (non-hydrogen) atoms. The lowest BCUT2D eigenvalue weighted by Crippen LogP contribution is -2.10. The molecule has 3 nitrogen and oxygen atoms in total. The Morgan fingerprint density at radius 3 is 2.36 bits per heavy atom. The van der Waals surface area contributed by atoms with E-state index in [0.717, 1.165) is 22.4 Å². The molecule has 0 aliphatic rings. The fourth-order valence-corrected chi connectivity index (χ4v) is 2.65. The summed E-state index contributed by atoms with van der Waals surface area (Å²) in [5.74, 6) is 0.850. The fourth-order valence-electron chi connectivity index (χ4n) is 2.65. The zero-order valence-corrected chi connectivity index (χ0v) is 13.2. The number of benzene rings is 2. The van der Waals surface area contributed by atoms with Crippen molar-refractivity contribution in [1.29, 1.82) is 5.26 Å². The Balaban J connectivity index is 2.13. The summed E-state index contributed by atoms with van der Waals surface area (Å²) in [4.78, 5) is 4.71. The van der Waals surface area contributed by atoms with Gasteiger partial charge in [-0.3, -0.25) is 0 Å². The van der Waals surface area contributed by atoms with Crippen LogP contribution in [0.1, 0.15) is 26.3 Å². The number of nitriles is 1. The van der Waals surface area contributed by atoms with Gasteiger partial charge in [0.15, 0.2) is 0 Å². The molecule has 0 saturated carbocycles. The standard InChI is InChI=1S/C19H19N3/c1-19(2,3)15-10-8-14(9-11-15)18-21-16-6-4-5-7-17(16)22(18)13-12-20/h4-11H,13H2,1-3H3. The lowest BCUT2D eigenvalue weighted by molar-refractivity contribution is 0.590. The normalized spacial score (nSPS) is 11.5. The average Bonchev–Trinajstić information content (AvgIpc) is 2.86. The Hall–Kier alpha value is -2.60. The minimum atomic E-state index is 0.130. The van der Waals surface area contributed by atoms with Crippen molar-refractivity contribution in [2.24, 2.45) is 0 Å². The van der Waals surface area contributed by atoms with Gasteiger partial charge in [0.25, 0.3) is 0 Å². The van der Waals surface area contributed by atoms with Crippen molar-refractivity contribution in [3.63, 3.8) is 0 Å². The van der Waals surface area contributed by atoms with Crippen LogP contribution in [-0.4, -0.2) is 9.55 Å². The highest BCUT2D eigenvalue weighted by atomic mass is 15.1. The Morgan fingerprint density at radius 2 is 1.73 bits per heavy atom. The monoisotopic (exact) mass is 289 g/mol. The molecule has 0 amide bonds. The lowest BCUT2D eigenvalue weighted by Gasteiger charge is -2.19. The molecule has 1 heterocycles. The van der Waals surface area contributed by atoms with Gasteiger partial charge in [0.2, 0.25) is 0 Å². The molecule has 3 heteroatoms. The van der Waals surface area contributed by atoms with Crippen molar-refractivity contribution < 1.29 is 0 Å². The van der Waals surface area contributed by atoms with Gasteiger partial charge in [0, 0.05) is 5.56 Å². The summed E-state index contributed by atoms with van der Waals surface area (Å²) in [7, 11) is 0. The van der Waals surface area contributed by atoms with Crippen molar-refractivity contribution in [3.8, 4) is 17.5 Å². The maximum Gasteiger partial charge on any atom is 0.142 e. The van der Waals surface area contributed by atoms with Crippen LogP contribution >= 0.6 is 0 Å². The maximum atomic E-state index is 9.12. The number of rotatable bonds is 2. The minimum absolute atomic E-state index is 0.130. The van der Waals surface area contributed by atoms with Gasteiger partial charge in [-0.2, -0.15) is 5.26 Å². The molecule has 0 aliphatic carbocycles. The molecule has 0 spiro atoms. The summed E-state index contributed by atoms with van der Waals surface area (Å²) in [5.41, 5.74) is 4.39. The number of fused-ring (bicyclic) bond motifs is 1. The molecule has 1 aromatic heterocycles. The van der Waals surface area contributed by atoms with Gasteiger partial charge in [0.1, 0.15) is 12.4 Å². The molecule has 0 saturated heterocycles. The van der Waals surface area contributed by atoms with Gasteiger partial charge < -0.3 is 4.57 Å². The molecule has 0 aliphatic heterocycles. The molecule has 110 valence electrons. The molecule has 3 aromatic rings. The zero-order chi connectivity index (χ0) is 15.7. The maximum absolute atomic E-state index is 9.12. The van der Waals surface area contributed by atoms with Crippen LogP contribution in [0.15, 0.2) is 48.5 Å². The highest BCUT2D eigenvalue weighted by molar-refractivity contribution is 5.80. The van der Waals surface area contributed by atoms with Crippen molar-refractivity contribution in [1.82, 2.24) is 9.55 Å². The molecule has 2 aromatic carbocycles. The first-order chi connectivity index (χ1) is 10.5.